The molecule has 0 bridgehead atoms. The van der Waals surface area contributed by atoms with Gasteiger partial charge in [-0.2, -0.15) is 0 Å². The van der Waals surface area contributed by atoms with Crippen LogP contribution in [0.3, 0.4) is 0 Å². The summed E-state index contributed by atoms with van der Waals surface area (Å²) in [5, 5.41) is 14.3. The van der Waals surface area contributed by atoms with Crippen molar-refractivity contribution in [1.82, 2.24) is 9.80 Å². The Kier molecular flexibility index (Phi) is 5.38. The van der Waals surface area contributed by atoms with Crippen molar-refractivity contribution >= 4 is 21.5 Å². The molecule has 3 aromatic carbocycles. The second-order valence-electron chi connectivity index (χ2n) is 8.47. The maximum Gasteiger partial charge on any atom is 0.161 e. The number of piperazine rings is 1. The maximum atomic E-state index is 9.39. The summed E-state index contributed by atoms with van der Waals surface area (Å²) in [7, 11) is 5.08. The molecule has 5 rings (SSSR count). The summed E-state index contributed by atoms with van der Waals surface area (Å²) in [4.78, 5) is 4.98. The molecule has 31 heavy (non-hydrogen) atoms. The zero-order chi connectivity index (χ0) is 21.5. The van der Waals surface area contributed by atoms with E-state index in [1.54, 1.807) is 21.3 Å². The van der Waals surface area contributed by atoms with E-state index < -0.39 is 0 Å². The van der Waals surface area contributed by atoms with E-state index in [0.717, 1.165) is 56.4 Å². The van der Waals surface area contributed by atoms with Gasteiger partial charge in [0, 0.05) is 38.8 Å². The number of aliphatic hydroxyl groups is 1. The van der Waals surface area contributed by atoms with Gasteiger partial charge in [-0.3, -0.25) is 9.80 Å². The number of methoxy groups -OCH3 is 3. The molecule has 2 aliphatic heterocycles. The molecule has 1 saturated heterocycles. The number of rotatable bonds is 5. The van der Waals surface area contributed by atoms with Gasteiger partial charge >= 0.3 is 0 Å². The summed E-state index contributed by atoms with van der Waals surface area (Å²) in [6, 6.07) is 11.1. The van der Waals surface area contributed by atoms with Crippen LogP contribution in [0.15, 0.2) is 30.3 Å². The fourth-order valence-corrected chi connectivity index (χ4v) is 5.37. The zero-order valence-corrected chi connectivity index (χ0v) is 18.5. The van der Waals surface area contributed by atoms with Gasteiger partial charge in [0.15, 0.2) is 11.5 Å². The molecule has 0 unspecified atom stereocenters. The minimum absolute atomic E-state index is 0.218. The smallest absolute Gasteiger partial charge is 0.161 e. The van der Waals surface area contributed by atoms with Crippen LogP contribution in [0, 0.1) is 0 Å². The Hall–Kier alpha value is -2.54. The molecule has 0 amide bonds. The highest BCUT2D eigenvalue weighted by molar-refractivity contribution is 6.12. The molecule has 0 aliphatic carbocycles. The Bertz CT molecular complexity index is 1130. The lowest BCUT2D eigenvalue weighted by Crippen LogP contribution is -2.55. The maximum absolute atomic E-state index is 9.39. The van der Waals surface area contributed by atoms with Crippen molar-refractivity contribution in [2.24, 2.45) is 0 Å². The minimum atomic E-state index is 0.218. The monoisotopic (exact) mass is 422 g/mol. The van der Waals surface area contributed by atoms with E-state index >= 15 is 0 Å². The number of ether oxygens (including phenoxy) is 3. The summed E-state index contributed by atoms with van der Waals surface area (Å²) >= 11 is 0. The van der Waals surface area contributed by atoms with Crippen molar-refractivity contribution in [2.45, 2.75) is 19.0 Å². The first-order chi connectivity index (χ1) is 15.2. The Morgan fingerprint density at radius 2 is 1.61 bits per heavy atom. The van der Waals surface area contributed by atoms with Crippen molar-refractivity contribution in [1.29, 1.82) is 0 Å². The number of fused-ring (bicyclic) bond motifs is 7. The predicted octanol–water partition coefficient (Wildman–Crippen LogP) is 3.05. The summed E-state index contributed by atoms with van der Waals surface area (Å²) in [5.74, 6) is 2.35. The molecule has 1 atom stereocenters. The summed E-state index contributed by atoms with van der Waals surface area (Å²) in [5.41, 5.74) is 2.81. The van der Waals surface area contributed by atoms with Crippen LogP contribution in [0.2, 0.25) is 0 Å². The average Bonchev–Trinajstić information content (AvgIpc) is 2.82. The van der Waals surface area contributed by atoms with Crippen LogP contribution < -0.4 is 14.2 Å². The molecule has 1 fully saturated rings. The van der Waals surface area contributed by atoms with Crippen LogP contribution in [-0.4, -0.2) is 75.1 Å². The van der Waals surface area contributed by atoms with Crippen molar-refractivity contribution in [3.05, 3.63) is 41.5 Å². The quantitative estimate of drug-likeness (QED) is 0.638. The van der Waals surface area contributed by atoms with Gasteiger partial charge in [-0.1, -0.05) is 6.07 Å². The third kappa shape index (κ3) is 3.39. The van der Waals surface area contributed by atoms with Crippen molar-refractivity contribution < 1.29 is 19.3 Å². The number of aliphatic hydroxyl groups excluding tert-OH is 1. The molecule has 6 nitrogen and oxygen atoms in total. The predicted molar refractivity (Wildman–Crippen MR) is 123 cm³/mol. The molecule has 0 radical (unpaired) electrons. The van der Waals surface area contributed by atoms with Crippen LogP contribution in [0.4, 0.5) is 0 Å². The van der Waals surface area contributed by atoms with E-state index in [2.05, 4.69) is 40.1 Å². The molecule has 2 heterocycles. The normalized spacial score (nSPS) is 19.3. The van der Waals surface area contributed by atoms with Crippen LogP contribution in [0.25, 0.3) is 21.5 Å². The number of β-amino-alcohol motifs (C(OH)–C–C–N with tert-alkyl or cyclic N) is 1. The van der Waals surface area contributed by atoms with Crippen molar-refractivity contribution in [2.75, 3.05) is 54.1 Å². The molecule has 2 aliphatic rings. The third-order valence-electron chi connectivity index (χ3n) is 6.96. The first-order valence-electron chi connectivity index (χ1n) is 10.9. The molecule has 0 spiro atoms. The van der Waals surface area contributed by atoms with Crippen molar-refractivity contribution in [3.8, 4) is 17.2 Å². The molecular weight excluding hydrogens is 392 g/mol. The van der Waals surface area contributed by atoms with E-state index in [-0.39, 0.29) is 6.61 Å². The van der Waals surface area contributed by atoms with Gasteiger partial charge in [0.05, 0.1) is 27.9 Å². The number of hydrogen-bond acceptors (Lipinski definition) is 6. The third-order valence-corrected chi connectivity index (χ3v) is 6.96. The van der Waals surface area contributed by atoms with E-state index in [9.17, 15) is 5.11 Å². The van der Waals surface area contributed by atoms with Gasteiger partial charge in [0.25, 0.3) is 0 Å². The Labute approximate surface area is 182 Å². The fraction of sp³-hybridized carbons (Fsp3) is 0.440. The zero-order valence-electron chi connectivity index (χ0n) is 18.5. The van der Waals surface area contributed by atoms with Gasteiger partial charge in [0.1, 0.15) is 5.75 Å². The lowest BCUT2D eigenvalue weighted by atomic mass is 9.84. The summed E-state index contributed by atoms with van der Waals surface area (Å²) < 4.78 is 16.8. The summed E-state index contributed by atoms with van der Waals surface area (Å²) in [6.07, 6.45) is 0.991. The molecule has 0 saturated carbocycles. The topological polar surface area (TPSA) is 54.4 Å². The first-order valence-corrected chi connectivity index (χ1v) is 10.9. The van der Waals surface area contributed by atoms with Crippen LogP contribution in [-0.2, 0) is 13.0 Å². The lowest BCUT2D eigenvalue weighted by molar-refractivity contribution is 0.0521. The van der Waals surface area contributed by atoms with E-state index in [4.69, 9.17) is 14.2 Å². The van der Waals surface area contributed by atoms with Gasteiger partial charge in [-0.15, -0.1) is 0 Å². The number of nitrogens with zero attached hydrogens (tertiary/aromatic N) is 2. The molecule has 1 N–H and O–H groups in total. The fourth-order valence-electron chi connectivity index (χ4n) is 5.37. The molecule has 0 aromatic heterocycles. The Morgan fingerprint density at radius 3 is 2.32 bits per heavy atom. The SMILES string of the molecule is COc1ccc2c3c(c4cc(OC)c(OC)cc4c2c1)C[C@H]1CN(CCO)CCN1C3. The van der Waals surface area contributed by atoms with Crippen molar-refractivity contribution in [3.63, 3.8) is 0 Å². The Morgan fingerprint density at radius 1 is 0.871 bits per heavy atom. The van der Waals surface area contributed by atoms with Crippen LogP contribution in [0.1, 0.15) is 11.1 Å². The first kappa shape index (κ1) is 20.4. The lowest BCUT2D eigenvalue weighted by Gasteiger charge is -2.45. The highest BCUT2D eigenvalue weighted by atomic mass is 16.5. The number of benzene rings is 3. The average molecular weight is 423 g/mol. The van der Waals surface area contributed by atoms with Crippen LogP contribution >= 0.6 is 0 Å². The molecule has 3 aromatic rings. The second kappa shape index (κ2) is 8.19. The largest absolute Gasteiger partial charge is 0.497 e. The molecule has 6 heteroatoms. The van der Waals surface area contributed by atoms with E-state index in [1.165, 1.54) is 32.7 Å². The van der Waals surface area contributed by atoms with E-state index in [0.29, 0.717) is 6.04 Å². The summed E-state index contributed by atoms with van der Waals surface area (Å²) in [6.45, 7) is 4.95. The molecule has 164 valence electrons. The van der Waals surface area contributed by atoms with Gasteiger partial charge < -0.3 is 19.3 Å². The van der Waals surface area contributed by atoms with Gasteiger partial charge in [-0.25, -0.2) is 0 Å². The van der Waals surface area contributed by atoms with Gasteiger partial charge in [0.2, 0.25) is 0 Å². The number of hydrogen-bond donors (Lipinski definition) is 1. The highest BCUT2D eigenvalue weighted by Gasteiger charge is 2.33. The minimum Gasteiger partial charge on any atom is -0.497 e. The highest BCUT2D eigenvalue weighted by Crippen LogP contribution is 2.43. The Balaban J connectivity index is 1.73. The van der Waals surface area contributed by atoms with E-state index in [1.807, 2.05) is 0 Å². The van der Waals surface area contributed by atoms with Gasteiger partial charge in [-0.05, 0) is 63.4 Å². The standard InChI is InChI=1S/C25H30N2O4/c1-29-17-4-5-18-20(11-17)22-13-25(31-3)24(30-2)12-21(22)19-10-16-14-26(8-9-28)6-7-27(16)15-23(18)19/h4-5,11-13,16,28H,6-10,14-15H2,1-3H3/t16-/m0/s1. The molecular formula is C25H30N2O4. The second-order valence-corrected chi connectivity index (χ2v) is 8.47. The van der Waals surface area contributed by atoms with Crippen LogP contribution in [0.5, 0.6) is 17.2 Å².